The van der Waals surface area contributed by atoms with Gasteiger partial charge in [0.2, 0.25) is 0 Å². The minimum absolute atomic E-state index is 0.00909. The average molecular weight is 278 g/mol. The molecule has 0 radical (unpaired) electrons. The Morgan fingerprint density at radius 3 is 2.17 bits per heavy atom. The molecule has 4 nitrogen and oxygen atoms in total. The van der Waals surface area contributed by atoms with Gasteiger partial charge >= 0.3 is 0 Å². The number of unbranched alkanes of at least 4 members (excludes halogenated alkanes) is 5. The molecule has 108 valence electrons. The van der Waals surface area contributed by atoms with E-state index in [9.17, 15) is 13.2 Å². The number of Topliss-reactive ketones (excluding diaryl/α,β-unsaturated/α-hetero) is 1. The first-order valence-electron chi connectivity index (χ1n) is 6.90. The predicted molar refractivity (Wildman–Crippen MR) is 73.0 cm³/mol. The number of hydrogen-bond acceptors (Lipinski definition) is 4. The van der Waals surface area contributed by atoms with Gasteiger partial charge in [0.1, 0.15) is 5.78 Å². The van der Waals surface area contributed by atoms with E-state index in [0.29, 0.717) is 6.42 Å². The van der Waals surface area contributed by atoms with Crippen LogP contribution < -0.4 is 0 Å². The van der Waals surface area contributed by atoms with E-state index < -0.39 is 10.1 Å². The Labute approximate surface area is 111 Å². The van der Waals surface area contributed by atoms with Crippen LogP contribution in [0.5, 0.6) is 0 Å². The molecule has 0 aliphatic heterocycles. The highest BCUT2D eigenvalue weighted by Gasteiger charge is 2.09. The fourth-order valence-electron chi connectivity index (χ4n) is 1.59. The monoisotopic (exact) mass is 278 g/mol. The number of rotatable bonds is 12. The lowest BCUT2D eigenvalue weighted by Crippen LogP contribution is -2.12. The van der Waals surface area contributed by atoms with E-state index in [4.69, 9.17) is 0 Å². The summed E-state index contributed by atoms with van der Waals surface area (Å²) in [5, 5.41) is 0. The Hall–Kier alpha value is -0.420. The molecule has 0 aromatic heterocycles. The third kappa shape index (κ3) is 10.7. The summed E-state index contributed by atoms with van der Waals surface area (Å²) < 4.78 is 26.7. The minimum Gasteiger partial charge on any atom is -0.300 e. The second-order valence-electron chi connectivity index (χ2n) is 4.47. The zero-order valence-electron chi connectivity index (χ0n) is 11.6. The van der Waals surface area contributed by atoms with Crippen molar-refractivity contribution in [1.29, 1.82) is 0 Å². The van der Waals surface area contributed by atoms with E-state index in [1.54, 1.807) is 0 Å². The van der Waals surface area contributed by atoms with Gasteiger partial charge in [0.25, 0.3) is 10.1 Å². The van der Waals surface area contributed by atoms with Gasteiger partial charge in [-0.15, -0.1) is 0 Å². The van der Waals surface area contributed by atoms with Crippen molar-refractivity contribution in [3.05, 3.63) is 0 Å². The van der Waals surface area contributed by atoms with Gasteiger partial charge in [-0.25, -0.2) is 0 Å². The number of ketones is 1. The van der Waals surface area contributed by atoms with Crippen LogP contribution in [0.4, 0.5) is 0 Å². The largest absolute Gasteiger partial charge is 0.300 e. The average Bonchev–Trinajstić information content (AvgIpc) is 2.33. The van der Waals surface area contributed by atoms with Crippen molar-refractivity contribution in [3.63, 3.8) is 0 Å². The molecule has 0 rings (SSSR count). The lowest BCUT2D eigenvalue weighted by Gasteiger charge is -2.03. The van der Waals surface area contributed by atoms with Crippen LogP contribution in [-0.4, -0.2) is 26.6 Å². The minimum atomic E-state index is -3.40. The van der Waals surface area contributed by atoms with Gasteiger partial charge in [-0.1, -0.05) is 39.0 Å². The molecule has 0 aromatic carbocycles. The first-order chi connectivity index (χ1) is 8.52. The highest BCUT2D eigenvalue weighted by atomic mass is 32.2. The second kappa shape index (κ2) is 10.5. The Balaban J connectivity index is 3.44. The number of carbonyl (C=O) groups is 1. The number of carbonyl (C=O) groups excluding carboxylic acids is 1. The molecule has 0 bridgehead atoms. The van der Waals surface area contributed by atoms with Gasteiger partial charge in [0.05, 0.1) is 12.4 Å². The van der Waals surface area contributed by atoms with Crippen molar-refractivity contribution >= 4 is 15.9 Å². The molecule has 0 heterocycles. The fourth-order valence-corrected chi connectivity index (χ4v) is 2.10. The second-order valence-corrected chi connectivity index (χ2v) is 6.40. The van der Waals surface area contributed by atoms with Crippen LogP contribution in [-0.2, 0) is 19.1 Å². The van der Waals surface area contributed by atoms with E-state index in [1.807, 2.05) is 0 Å². The Kier molecular flexibility index (Phi) is 10.3. The van der Waals surface area contributed by atoms with Gasteiger partial charge in [-0.3, -0.25) is 8.98 Å². The van der Waals surface area contributed by atoms with Crippen molar-refractivity contribution in [2.45, 2.75) is 65.2 Å². The van der Waals surface area contributed by atoms with Crippen LogP contribution in [0.1, 0.15) is 65.2 Å². The van der Waals surface area contributed by atoms with E-state index >= 15 is 0 Å². The van der Waals surface area contributed by atoms with Crippen LogP contribution >= 0.6 is 0 Å². The Morgan fingerprint density at radius 1 is 0.944 bits per heavy atom. The summed E-state index contributed by atoms with van der Waals surface area (Å²) in [5.74, 6) is 0.0512. The molecule has 0 unspecified atom stereocenters. The maximum atomic E-state index is 11.4. The van der Waals surface area contributed by atoms with Crippen LogP contribution in [0.15, 0.2) is 0 Å². The number of hydrogen-bond donors (Lipinski definition) is 0. The third-order valence-corrected chi connectivity index (χ3v) is 4.04. The summed E-state index contributed by atoms with van der Waals surface area (Å²) >= 11 is 0. The predicted octanol–water partition coefficient (Wildman–Crippen LogP) is 3.06. The van der Waals surface area contributed by atoms with Crippen molar-refractivity contribution < 1.29 is 17.4 Å². The summed E-state index contributed by atoms with van der Waals surface area (Å²) in [6.07, 6.45) is 7.64. The molecule has 0 saturated heterocycles. The fraction of sp³-hybridized carbons (Fsp3) is 0.923. The molecule has 0 fully saturated rings. The smallest absolute Gasteiger partial charge is 0.267 e. The molecule has 0 aliphatic carbocycles. The third-order valence-electron chi connectivity index (χ3n) is 2.81. The standard InChI is InChI=1S/C13H26O4S/c1-3-5-6-7-8-9-10-13(14)11-12-17-18(15,16)4-2/h3-12H2,1-2H3. The van der Waals surface area contributed by atoms with Gasteiger partial charge in [0.15, 0.2) is 0 Å². The van der Waals surface area contributed by atoms with E-state index in [2.05, 4.69) is 11.1 Å². The van der Waals surface area contributed by atoms with Crippen molar-refractivity contribution in [2.24, 2.45) is 0 Å². The van der Waals surface area contributed by atoms with Gasteiger partial charge in [-0.05, 0) is 13.3 Å². The first kappa shape index (κ1) is 17.6. The first-order valence-corrected chi connectivity index (χ1v) is 8.48. The highest BCUT2D eigenvalue weighted by molar-refractivity contribution is 7.86. The van der Waals surface area contributed by atoms with Gasteiger partial charge < -0.3 is 0 Å². The zero-order valence-corrected chi connectivity index (χ0v) is 12.4. The van der Waals surface area contributed by atoms with Crippen molar-refractivity contribution in [2.75, 3.05) is 12.4 Å². The van der Waals surface area contributed by atoms with Gasteiger partial charge in [-0.2, -0.15) is 8.42 Å². The molecule has 0 saturated carbocycles. The maximum Gasteiger partial charge on any atom is 0.267 e. The van der Waals surface area contributed by atoms with Gasteiger partial charge in [0, 0.05) is 12.8 Å². The lowest BCUT2D eigenvalue weighted by molar-refractivity contribution is -0.119. The molecule has 18 heavy (non-hydrogen) atoms. The van der Waals surface area contributed by atoms with Crippen molar-refractivity contribution in [3.8, 4) is 0 Å². The summed E-state index contributed by atoms with van der Waals surface area (Å²) in [7, 11) is -3.40. The Morgan fingerprint density at radius 2 is 1.56 bits per heavy atom. The summed E-state index contributed by atoms with van der Waals surface area (Å²) in [4.78, 5) is 11.4. The zero-order chi connectivity index (χ0) is 13.9. The summed E-state index contributed by atoms with van der Waals surface area (Å²) in [6, 6.07) is 0. The van der Waals surface area contributed by atoms with E-state index in [1.165, 1.54) is 32.6 Å². The maximum absolute atomic E-state index is 11.4. The SMILES string of the molecule is CCCCCCCCC(=O)CCOS(=O)(=O)CC. The van der Waals surface area contributed by atoms with Crippen LogP contribution in [0, 0.1) is 0 Å². The molecule has 0 N–H and O–H groups in total. The molecule has 0 amide bonds. The summed E-state index contributed by atoms with van der Waals surface area (Å²) in [6.45, 7) is 3.69. The molecule has 0 spiro atoms. The quantitative estimate of drug-likeness (QED) is 0.406. The van der Waals surface area contributed by atoms with Crippen LogP contribution in [0.3, 0.4) is 0 Å². The van der Waals surface area contributed by atoms with Crippen molar-refractivity contribution in [1.82, 2.24) is 0 Å². The van der Waals surface area contributed by atoms with Crippen LogP contribution in [0.2, 0.25) is 0 Å². The lowest BCUT2D eigenvalue weighted by atomic mass is 10.1. The summed E-state index contributed by atoms with van der Waals surface area (Å²) in [5.41, 5.74) is 0. The van der Waals surface area contributed by atoms with Crippen LogP contribution in [0.25, 0.3) is 0 Å². The van der Waals surface area contributed by atoms with E-state index in [0.717, 1.165) is 12.8 Å². The molecule has 0 aliphatic rings. The molecular weight excluding hydrogens is 252 g/mol. The molecule has 0 aromatic rings. The highest BCUT2D eigenvalue weighted by Crippen LogP contribution is 2.08. The molecule has 5 heteroatoms. The Bertz CT molecular complexity index is 309. The topological polar surface area (TPSA) is 60.4 Å². The molecular formula is C13H26O4S. The van der Waals surface area contributed by atoms with E-state index in [-0.39, 0.29) is 24.6 Å². The molecule has 0 atom stereocenters. The normalized spacial score (nSPS) is 11.7.